The van der Waals surface area contributed by atoms with Gasteiger partial charge in [0.25, 0.3) is 0 Å². The maximum Gasteiger partial charge on any atom is -0.0443 e. The summed E-state index contributed by atoms with van der Waals surface area (Å²) in [5, 5.41) is 0. The van der Waals surface area contributed by atoms with Gasteiger partial charge in [-0.25, -0.2) is 0 Å². The first-order valence-corrected chi connectivity index (χ1v) is 9.70. The number of unbranched alkanes of at least 4 members (excludes halogenated alkanes) is 8. The smallest absolute Gasteiger partial charge is 0.0443 e. The SMILES string of the molecule is CCCCCCCCCC(C)CCCCCC(C)CC. The Hall–Kier alpha value is 0. The van der Waals surface area contributed by atoms with E-state index < -0.39 is 0 Å². The van der Waals surface area contributed by atoms with Crippen LogP contribution in [0.3, 0.4) is 0 Å². The molecule has 0 aliphatic carbocycles. The lowest BCUT2D eigenvalue weighted by Gasteiger charge is -2.12. The molecule has 2 unspecified atom stereocenters. The van der Waals surface area contributed by atoms with E-state index in [2.05, 4.69) is 27.7 Å². The molecule has 20 heavy (non-hydrogen) atoms. The largest absolute Gasteiger partial charge is 0.0654 e. The summed E-state index contributed by atoms with van der Waals surface area (Å²) in [5.41, 5.74) is 0. The molecule has 0 aliphatic rings. The Morgan fingerprint density at radius 2 is 0.900 bits per heavy atom. The van der Waals surface area contributed by atoms with Crippen molar-refractivity contribution >= 4 is 0 Å². The van der Waals surface area contributed by atoms with Gasteiger partial charge in [0.05, 0.1) is 0 Å². The van der Waals surface area contributed by atoms with Gasteiger partial charge in [0.1, 0.15) is 0 Å². The minimum atomic E-state index is 0.945. The fourth-order valence-corrected chi connectivity index (χ4v) is 2.96. The van der Waals surface area contributed by atoms with Crippen molar-refractivity contribution in [2.45, 2.75) is 118 Å². The average Bonchev–Trinajstić information content (AvgIpc) is 2.45. The molecule has 0 heterocycles. The van der Waals surface area contributed by atoms with Crippen molar-refractivity contribution in [2.75, 3.05) is 0 Å². The standard InChI is InChI=1S/C20H42/c1-5-7-8-9-10-11-13-17-20(4)18-15-12-14-16-19(3)6-2/h19-20H,5-18H2,1-4H3. The number of rotatable bonds is 15. The zero-order valence-corrected chi connectivity index (χ0v) is 15.1. The molecule has 0 bridgehead atoms. The lowest BCUT2D eigenvalue weighted by Crippen LogP contribution is -1.96. The van der Waals surface area contributed by atoms with E-state index in [1.807, 2.05) is 0 Å². The van der Waals surface area contributed by atoms with E-state index in [9.17, 15) is 0 Å². The van der Waals surface area contributed by atoms with Gasteiger partial charge in [-0.05, 0) is 11.8 Å². The lowest BCUT2D eigenvalue weighted by atomic mass is 9.95. The van der Waals surface area contributed by atoms with Crippen molar-refractivity contribution in [3.63, 3.8) is 0 Å². The molecule has 0 spiro atoms. The molecule has 0 N–H and O–H groups in total. The van der Waals surface area contributed by atoms with Crippen LogP contribution in [0.4, 0.5) is 0 Å². The van der Waals surface area contributed by atoms with E-state index in [1.54, 1.807) is 0 Å². The van der Waals surface area contributed by atoms with E-state index >= 15 is 0 Å². The highest BCUT2D eigenvalue weighted by Gasteiger charge is 2.03. The molecular formula is C20H42. The summed E-state index contributed by atoms with van der Waals surface area (Å²) in [5.74, 6) is 1.91. The van der Waals surface area contributed by atoms with E-state index in [0.717, 1.165) is 11.8 Å². The summed E-state index contributed by atoms with van der Waals surface area (Å²) in [6.45, 7) is 9.47. The topological polar surface area (TPSA) is 0 Å². The van der Waals surface area contributed by atoms with E-state index in [4.69, 9.17) is 0 Å². The van der Waals surface area contributed by atoms with Gasteiger partial charge in [0, 0.05) is 0 Å². The molecular weight excluding hydrogens is 240 g/mol. The van der Waals surface area contributed by atoms with Crippen LogP contribution in [0.15, 0.2) is 0 Å². The minimum absolute atomic E-state index is 0.945. The Labute approximate surface area is 130 Å². The zero-order valence-electron chi connectivity index (χ0n) is 15.1. The average molecular weight is 283 g/mol. The van der Waals surface area contributed by atoms with Gasteiger partial charge in [0.15, 0.2) is 0 Å². The maximum atomic E-state index is 2.46. The quantitative estimate of drug-likeness (QED) is 0.269. The van der Waals surface area contributed by atoms with Gasteiger partial charge < -0.3 is 0 Å². The van der Waals surface area contributed by atoms with Crippen LogP contribution in [0, 0.1) is 11.8 Å². The lowest BCUT2D eigenvalue weighted by molar-refractivity contribution is 0.419. The van der Waals surface area contributed by atoms with Gasteiger partial charge in [-0.15, -0.1) is 0 Å². The summed E-state index contributed by atoms with van der Waals surface area (Å²) < 4.78 is 0. The van der Waals surface area contributed by atoms with Crippen LogP contribution in [-0.4, -0.2) is 0 Å². The fraction of sp³-hybridized carbons (Fsp3) is 1.00. The Kier molecular flexibility index (Phi) is 15.4. The minimum Gasteiger partial charge on any atom is -0.0654 e. The van der Waals surface area contributed by atoms with Crippen molar-refractivity contribution in [3.8, 4) is 0 Å². The van der Waals surface area contributed by atoms with Crippen LogP contribution in [0.25, 0.3) is 0 Å². The van der Waals surface area contributed by atoms with Crippen LogP contribution in [0.1, 0.15) is 118 Å². The summed E-state index contributed by atoms with van der Waals surface area (Å²) in [7, 11) is 0. The Bertz CT molecular complexity index is 173. The Morgan fingerprint density at radius 1 is 0.500 bits per heavy atom. The number of hydrogen-bond donors (Lipinski definition) is 0. The van der Waals surface area contributed by atoms with E-state index in [0.29, 0.717) is 0 Å². The molecule has 2 atom stereocenters. The fourth-order valence-electron chi connectivity index (χ4n) is 2.96. The Balaban J connectivity index is 3.18. The first-order valence-electron chi connectivity index (χ1n) is 9.70. The number of hydrogen-bond acceptors (Lipinski definition) is 0. The molecule has 0 fully saturated rings. The van der Waals surface area contributed by atoms with E-state index in [-0.39, 0.29) is 0 Å². The first kappa shape index (κ1) is 20.0. The molecule has 0 radical (unpaired) electrons. The highest BCUT2D eigenvalue weighted by molar-refractivity contribution is 4.57. The van der Waals surface area contributed by atoms with Crippen LogP contribution >= 0.6 is 0 Å². The molecule has 0 amide bonds. The van der Waals surface area contributed by atoms with E-state index in [1.165, 1.54) is 89.9 Å². The van der Waals surface area contributed by atoms with Crippen LogP contribution < -0.4 is 0 Å². The monoisotopic (exact) mass is 282 g/mol. The molecule has 0 saturated heterocycles. The van der Waals surface area contributed by atoms with Crippen LogP contribution in [-0.2, 0) is 0 Å². The molecule has 0 aliphatic heterocycles. The van der Waals surface area contributed by atoms with Crippen molar-refractivity contribution in [1.82, 2.24) is 0 Å². The van der Waals surface area contributed by atoms with Gasteiger partial charge >= 0.3 is 0 Å². The summed E-state index contributed by atoms with van der Waals surface area (Å²) in [6, 6.07) is 0. The third-order valence-corrected chi connectivity index (χ3v) is 4.89. The molecule has 0 nitrogen and oxygen atoms in total. The third kappa shape index (κ3) is 14.4. The molecule has 0 aromatic carbocycles. The molecule has 0 aromatic rings. The summed E-state index contributed by atoms with van der Waals surface area (Å²) in [6.07, 6.45) is 20.3. The second kappa shape index (κ2) is 15.4. The maximum absolute atomic E-state index is 2.46. The molecule has 0 heteroatoms. The van der Waals surface area contributed by atoms with Crippen molar-refractivity contribution in [1.29, 1.82) is 0 Å². The predicted molar refractivity (Wildman–Crippen MR) is 94.3 cm³/mol. The van der Waals surface area contributed by atoms with Gasteiger partial charge in [-0.2, -0.15) is 0 Å². The molecule has 0 saturated carbocycles. The zero-order chi connectivity index (χ0) is 15.1. The van der Waals surface area contributed by atoms with Gasteiger partial charge in [-0.1, -0.05) is 118 Å². The summed E-state index contributed by atoms with van der Waals surface area (Å²) in [4.78, 5) is 0. The van der Waals surface area contributed by atoms with Crippen molar-refractivity contribution < 1.29 is 0 Å². The second-order valence-corrected chi connectivity index (χ2v) is 7.17. The van der Waals surface area contributed by atoms with Crippen LogP contribution in [0.5, 0.6) is 0 Å². The normalized spacial score (nSPS) is 14.4. The molecule has 122 valence electrons. The highest BCUT2D eigenvalue weighted by Crippen LogP contribution is 2.19. The predicted octanol–water partition coefficient (Wildman–Crippen LogP) is 7.76. The molecule has 0 aromatic heterocycles. The van der Waals surface area contributed by atoms with Crippen molar-refractivity contribution in [3.05, 3.63) is 0 Å². The van der Waals surface area contributed by atoms with Crippen molar-refractivity contribution in [2.24, 2.45) is 11.8 Å². The Morgan fingerprint density at radius 3 is 1.40 bits per heavy atom. The molecule has 0 rings (SSSR count). The van der Waals surface area contributed by atoms with Crippen LogP contribution in [0.2, 0.25) is 0 Å². The van der Waals surface area contributed by atoms with Gasteiger partial charge in [-0.3, -0.25) is 0 Å². The third-order valence-electron chi connectivity index (χ3n) is 4.89. The summed E-state index contributed by atoms with van der Waals surface area (Å²) >= 11 is 0. The highest BCUT2D eigenvalue weighted by atomic mass is 14.1. The first-order chi connectivity index (χ1) is 9.70. The van der Waals surface area contributed by atoms with Gasteiger partial charge in [0.2, 0.25) is 0 Å². The second-order valence-electron chi connectivity index (χ2n) is 7.17.